The van der Waals surface area contributed by atoms with Crippen molar-refractivity contribution in [2.75, 3.05) is 4.90 Å². The number of amides is 1. The Balaban J connectivity index is 1.70. The minimum Gasteiger partial charge on any atom is -0.443 e. The molecule has 14 heteroatoms. The van der Waals surface area contributed by atoms with Crippen molar-refractivity contribution in [1.82, 2.24) is 19.7 Å². The Morgan fingerprint density at radius 2 is 1.52 bits per heavy atom. The van der Waals surface area contributed by atoms with Crippen molar-refractivity contribution in [3.63, 3.8) is 0 Å². The van der Waals surface area contributed by atoms with Gasteiger partial charge in [0.25, 0.3) is 0 Å². The van der Waals surface area contributed by atoms with Crippen LogP contribution < -0.4 is 4.90 Å². The third-order valence-electron chi connectivity index (χ3n) is 7.23. The molecule has 0 saturated heterocycles. The molecular weight excluding hydrogens is 678 g/mol. The number of aromatic nitrogens is 4. The average Bonchev–Trinajstić information content (AvgIpc) is 3.34. The van der Waals surface area contributed by atoms with E-state index in [1.807, 2.05) is 32.0 Å². The molecule has 0 bridgehead atoms. The summed E-state index contributed by atoms with van der Waals surface area (Å²) in [5, 5.41) is 3.90. The van der Waals surface area contributed by atoms with Crippen molar-refractivity contribution in [2.24, 2.45) is 5.92 Å². The van der Waals surface area contributed by atoms with E-state index >= 15 is 4.39 Å². The fraction of sp³-hybridized carbons (Fsp3) is 0.417. The number of rotatable bonds is 7. The SMILES string of the molecule is Cc1ccc(CC(C)Cc2ccc(Cl)c(C(F)(F)F)c2)cc1-c1ncc(F)c(N(C(=O)OC(C)(C)C)c2cc(C)n(C(=O)OC(C)(C)C)n2)n1. The van der Waals surface area contributed by atoms with Gasteiger partial charge in [0.15, 0.2) is 23.3 Å². The van der Waals surface area contributed by atoms with Gasteiger partial charge in [-0.2, -0.15) is 17.9 Å². The van der Waals surface area contributed by atoms with Crippen molar-refractivity contribution in [2.45, 2.75) is 92.5 Å². The molecule has 2 aromatic carbocycles. The van der Waals surface area contributed by atoms with Crippen LogP contribution in [0.3, 0.4) is 0 Å². The summed E-state index contributed by atoms with van der Waals surface area (Å²) in [5.74, 6) is -1.52. The normalized spacial score (nSPS) is 12.8. The number of aryl methyl sites for hydroxylation is 2. The fourth-order valence-electron chi connectivity index (χ4n) is 5.13. The van der Waals surface area contributed by atoms with Crippen molar-refractivity contribution in [3.05, 3.63) is 87.4 Å². The zero-order valence-electron chi connectivity index (χ0n) is 29.4. The second kappa shape index (κ2) is 14.4. The first-order valence-electron chi connectivity index (χ1n) is 15.8. The van der Waals surface area contributed by atoms with Crippen LogP contribution in [0.15, 0.2) is 48.7 Å². The second-order valence-corrected chi connectivity index (χ2v) is 14.6. The molecule has 0 fully saturated rings. The molecule has 0 aliphatic rings. The van der Waals surface area contributed by atoms with E-state index in [1.54, 1.807) is 54.5 Å². The quantitative estimate of drug-likeness (QED) is 0.176. The van der Waals surface area contributed by atoms with Crippen LogP contribution >= 0.6 is 11.6 Å². The van der Waals surface area contributed by atoms with Gasteiger partial charge in [-0.15, -0.1) is 5.10 Å². The Morgan fingerprint density at radius 3 is 2.12 bits per heavy atom. The van der Waals surface area contributed by atoms with Crippen LogP contribution in [-0.2, 0) is 28.5 Å². The summed E-state index contributed by atoms with van der Waals surface area (Å²) < 4.78 is 67.8. The monoisotopic (exact) mass is 717 g/mol. The molecule has 268 valence electrons. The highest BCUT2D eigenvalue weighted by molar-refractivity contribution is 6.31. The minimum absolute atomic E-state index is 0.0662. The first-order valence-corrected chi connectivity index (χ1v) is 16.2. The standard InChI is InChI=1S/C36H40ClF4N5O4/c1-20(15-24-12-13-27(37)26(18-24)36(39,40)41)14-23-11-10-21(2)25(17-23)30-42-19-28(38)31(43-30)45(32(47)49-34(4,5)6)29-16-22(3)46(44-29)33(48)50-35(7,8)9/h10-13,16-20H,14-15H2,1-9H3. The maximum absolute atomic E-state index is 15.6. The van der Waals surface area contributed by atoms with Crippen molar-refractivity contribution < 1.29 is 36.6 Å². The number of carbonyl (C=O) groups is 2. The van der Waals surface area contributed by atoms with Crippen molar-refractivity contribution >= 4 is 35.4 Å². The number of alkyl halides is 3. The summed E-state index contributed by atoms with van der Waals surface area (Å²) in [6.45, 7) is 15.3. The molecule has 1 amide bonds. The zero-order valence-corrected chi connectivity index (χ0v) is 30.1. The lowest BCUT2D eigenvalue weighted by atomic mass is 9.92. The highest BCUT2D eigenvalue weighted by Crippen LogP contribution is 2.36. The summed E-state index contributed by atoms with van der Waals surface area (Å²) in [7, 11) is 0. The summed E-state index contributed by atoms with van der Waals surface area (Å²) >= 11 is 5.79. The molecule has 0 aliphatic heterocycles. The van der Waals surface area contributed by atoms with E-state index in [0.717, 1.165) is 33.0 Å². The summed E-state index contributed by atoms with van der Waals surface area (Å²) in [5.41, 5.74) is 0.257. The highest BCUT2D eigenvalue weighted by atomic mass is 35.5. The number of ether oxygens (including phenoxy) is 2. The average molecular weight is 718 g/mol. The van der Waals surface area contributed by atoms with Gasteiger partial charge in [-0.25, -0.2) is 28.8 Å². The van der Waals surface area contributed by atoms with Crippen molar-refractivity contribution in [3.8, 4) is 11.4 Å². The fourth-order valence-corrected chi connectivity index (χ4v) is 5.35. The number of carbonyl (C=O) groups excluding carboxylic acids is 2. The van der Waals surface area contributed by atoms with Crippen LogP contribution in [0.4, 0.5) is 38.8 Å². The molecule has 1 atom stereocenters. The Kier molecular flexibility index (Phi) is 11.0. The number of nitrogens with zero attached hydrogens (tertiary/aromatic N) is 5. The molecule has 0 saturated carbocycles. The maximum atomic E-state index is 15.6. The van der Waals surface area contributed by atoms with Gasteiger partial charge in [0.1, 0.15) is 11.2 Å². The van der Waals surface area contributed by atoms with Gasteiger partial charge in [-0.05, 0) is 109 Å². The molecule has 0 spiro atoms. The number of anilines is 2. The molecule has 4 aromatic rings. The van der Waals surface area contributed by atoms with Crippen LogP contribution in [0.2, 0.25) is 5.02 Å². The van der Waals surface area contributed by atoms with E-state index in [2.05, 4.69) is 15.1 Å². The van der Waals surface area contributed by atoms with E-state index in [1.165, 1.54) is 12.1 Å². The minimum atomic E-state index is -4.56. The lowest BCUT2D eigenvalue weighted by Gasteiger charge is -2.26. The van der Waals surface area contributed by atoms with Crippen LogP contribution in [0.1, 0.15) is 76.4 Å². The summed E-state index contributed by atoms with van der Waals surface area (Å²) in [4.78, 5) is 36.0. The van der Waals surface area contributed by atoms with Crippen molar-refractivity contribution in [1.29, 1.82) is 0 Å². The number of hydrogen-bond acceptors (Lipinski definition) is 7. The van der Waals surface area contributed by atoms with Gasteiger partial charge >= 0.3 is 18.4 Å². The first-order chi connectivity index (χ1) is 23.0. The first kappa shape index (κ1) is 38.3. The smallest absolute Gasteiger partial charge is 0.435 e. The molecule has 0 N–H and O–H groups in total. The number of hydrogen-bond donors (Lipinski definition) is 0. The molecule has 0 radical (unpaired) electrons. The van der Waals surface area contributed by atoms with Gasteiger partial charge in [0.2, 0.25) is 0 Å². The molecule has 2 heterocycles. The van der Waals surface area contributed by atoms with Crippen LogP contribution in [0.25, 0.3) is 11.4 Å². The Labute approximate surface area is 293 Å². The van der Waals surface area contributed by atoms with Gasteiger partial charge in [0, 0.05) is 11.6 Å². The summed E-state index contributed by atoms with van der Waals surface area (Å²) in [6.07, 6.45) is -4.57. The Bertz CT molecular complexity index is 1900. The highest BCUT2D eigenvalue weighted by Gasteiger charge is 2.34. The Morgan fingerprint density at radius 1 is 0.920 bits per heavy atom. The van der Waals surface area contributed by atoms with E-state index < -0.39 is 46.8 Å². The second-order valence-electron chi connectivity index (χ2n) is 14.2. The summed E-state index contributed by atoms with van der Waals surface area (Å²) in [6, 6.07) is 10.9. The van der Waals surface area contributed by atoms with E-state index in [9.17, 15) is 22.8 Å². The maximum Gasteiger partial charge on any atom is 0.435 e. The van der Waals surface area contributed by atoms with E-state index in [0.29, 0.717) is 29.7 Å². The predicted octanol–water partition coefficient (Wildman–Crippen LogP) is 10.0. The lowest BCUT2D eigenvalue weighted by Crippen LogP contribution is -2.35. The van der Waals surface area contributed by atoms with Crippen LogP contribution in [0.5, 0.6) is 0 Å². The number of halogens is 5. The zero-order chi connectivity index (χ0) is 37.3. The third-order valence-corrected chi connectivity index (χ3v) is 7.56. The molecule has 50 heavy (non-hydrogen) atoms. The number of benzene rings is 2. The van der Waals surface area contributed by atoms with Gasteiger partial charge in [-0.3, -0.25) is 0 Å². The van der Waals surface area contributed by atoms with E-state index in [4.69, 9.17) is 21.1 Å². The molecule has 2 aromatic heterocycles. The van der Waals surface area contributed by atoms with Gasteiger partial charge < -0.3 is 9.47 Å². The van der Waals surface area contributed by atoms with Gasteiger partial charge in [-0.1, -0.05) is 36.7 Å². The van der Waals surface area contributed by atoms with E-state index in [-0.39, 0.29) is 22.6 Å². The lowest BCUT2D eigenvalue weighted by molar-refractivity contribution is -0.137. The van der Waals surface area contributed by atoms with Crippen LogP contribution in [-0.4, -0.2) is 43.1 Å². The third kappa shape index (κ3) is 9.58. The molecule has 0 aliphatic carbocycles. The molecular formula is C36H40ClF4N5O4. The Hall–Kier alpha value is -4.52. The molecule has 1 unspecified atom stereocenters. The topological polar surface area (TPSA) is 99.4 Å². The molecule has 9 nitrogen and oxygen atoms in total. The van der Waals surface area contributed by atoms with Crippen LogP contribution in [0, 0.1) is 25.6 Å². The predicted molar refractivity (Wildman–Crippen MR) is 182 cm³/mol. The van der Waals surface area contributed by atoms with Gasteiger partial charge in [0.05, 0.1) is 22.5 Å². The largest absolute Gasteiger partial charge is 0.443 e. The molecule has 4 rings (SSSR count).